The third-order valence-corrected chi connectivity index (χ3v) is 7.85. The van der Waals surface area contributed by atoms with Crippen LogP contribution in [-0.4, -0.2) is 39.8 Å². The van der Waals surface area contributed by atoms with Crippen molar-refractivity contribution in [3.05, 3.63) is 34.5 Å². The number of amides is 2. The lowest BCUT2D eigenvalue weighted by atomic mass is 9.95. The van der Waals surface area contributed by atoms with E-state index in [0.29, 0.717) is 12.5 Å². The molecule has 1 unspecified atom stereocenters. The summed E-state index contributed by atoms with van der Waals surface area (Å²) in [6.45, 7) is 2.92. The number of ether oxygens (including phenoxy) is 2. The third kappa shape index (κ3) is 3.52. The molecule has 2 heterocycles. The topological polar surface area (TPSA) is 121 Å². The molecule has 1 aromatic carbocycles. The molecule has 2 amide bonds. The number of aryl methyl sites for hydroxylation is 2. The Labute approximate surface area is 181 Å². The molecular formula is C21H27N5O4S. The number of urea groups is 1. The highest BCUT2D eigenvalue weighted by molar-refractivity contribution is 7.91. The molecule has 2 aromatic rings. The van der Waals surface area contributed by atoms with Crippen LogP contribution >= 0.6 is 0 Å². The van der Waals surface area contributed by atoms with Crippen LogP contribution in [0.1, 0.15) is 47.9 Å². The van der Waals surface area contributed by atoms with Crippen LogP contribution in [0.2, 0.25) is 0 Å². The van der Waals surface area contributed by atoms with Gasteiger partial charge in [-0.15, -0.1) is 4.36 Å². The van der Waals surface area contributed by atoms with Crippen molar-refractivity contribution >= 4 is 21.6 Å². The van der Waals surface area contributed by atoms with Crippen LogP contribution in [0.25, 0.3) is 0 Å². The fourth-order valence-corrected chi connectivity index (χ4v) is 5.95. The number of nitrogens with two attached hydrogens (primary N) is 1. The van der Waals surface area contributed by atoms with Gasteiger partial charge >= 0.3 is 6.03 Å². The summed E-state index contributed by atoms with van der Waals surface area (Å²) >= 11 is 0. The Morgan fingerprint density at radius 1 is 1.39 bits per heavy atom. The van der Waals surface area contributed by atoms with Crippen LogP contribution in [0.5, 0.6) is 5.88 Å². The van der Waals surface area contributed by atoms with E-state index in [1.807, 2.05) is 0 Å². The van der Waals surface area contributed by atoms with Gasteiger partial charge in [0.05, 0.1) is 12.7 Å². The molecule has 166 valence electrons. The van der Waals surface area contributed by atoms with E-state index < -0.39 is 15.9 Å². The molecule has 3 atom stereocenters. The highest BCUT2D eigenvalue weighted by Gasteiger charge is 2.30. The summed E-state index contributed by atoms with van der Waals surface area (Å²) in [7, 11) is -1.94. The lowest BCUT2D eigenvalue weighted by Crippen LogP contribution is -2.32. The monoisotopic (exact) mass is 445 g/mol. The first-order valence-electron chi connectivity index (χ1n) is 10.6. The van der Waals surface area contributed by atoms with E-state index in [-0.39, 0.29) is 23.5 Å². The number of nitrogens with one attached hydrogen (secondary N) is 1. The van der Waals surface area contributed by atoms with E-state index in [4.69, 9.17) is 14.6 Å². The first-order chi connectivity index (χ1) is 14.9. The Bertz CT molecular complexity index is 1180. The quantitative estimate of drug-likeness (QED) is 0.752. The molecule has 0 saturated carbocycles. The number of aromatic nitrogens is 2. The predicted octanol–water partition coefficient (Wildman–Crippen LogP) is 2.76. The minimum absolute atomic E-state index is 0.120. The molecule has 3 N–H and O–H groups in total. The van der Waals surface area contributed by atoms with Crippen LogP contribution in [0, 0.1) is 0 Å². The number of rotatable bonds is 3. The number of fused-ring (bicyclic) bond motifs is 3. The average molecular weight is 446 g/mol. The Morgan fingerprint density at radius 3 is 3.03 bits per heavy atom. The van der Waals surface area contributed by atoms with Gasteiger partial charge in [0.25, 0.3) is 0 Å². The molecule has 1 aromatic heterocycles. The Kier molecular flexibility index (Phi) is 5.03. The van der Waals surface area contributed by atoms with Crippen molar-refractivity contribution in [2.45, 2.75) is 62.5 Å². The van der Waals surface area contributed by atoms with E-state index in [1.54, 1.807) is 7.11 Å². The fourth-order valence-electron chi connectivity index (χ4n) is 4.95. The van der Waals surface area contributed by atoms with Crippen LogP contribution in [0.15, 0.2) is 21.5 Å². The average Bonchev–Trinajstić information content (AvgIpc) is 3.45. The Hall–Kier alpha value is -2.43. The van der Waals surface area contributed by atoms with Gasteiger partial charge in [-0.05, 0) is 60.3 Å². The smallest absolute Gasteiger partial charge is 0.354 e. The van der Waals surface area contributed by atoms with Crippen LogP contribution in [-0.2, 0) is 40.5 Å². The molecule has 3 aliphatic rings. The van der Waals surface area contributed by atoms with Crippen molar-refractivity contribution < 1.29 is 18.5 Å². The number of benzene rings is 1. The molecule has 1 aliphatic heterocycles. The summed E-state index contributed by atoms with van der Waals surface area (Å²) in [5.74, 6) is 0.635. The lowest BCUT2D eigenvalue weighted by molar-refractivity contribution is 0.0165. The van der Waals surface area contributed by atoms with E-state index in [9.17, 15) is 9.00 Å². The SMILES string of the molecule is CO[C@@H]1COc2c(S(N)(=O)=NC(=O)Nc3c4c(cc5c3[C@@H](C)CC5)CCC4)cnn2C1. The molecule has 0 saturated heterocycles. The van der Waals surface area contributed by atoms with Gasteiger partial charge in [0, 0.05) is 12.8 Å². The number of hydrogen-bond donors (Lipinski definition) is 2. The molecule has 31 heavy (non-hydrogen) atoms. The summed E-state index contributed by atoms with van der Waals surface area (Å²) in [4.78, 5) is 13.0. The largest absolute Gasteiger partial charge is 0.474 e. The highest BCUT2D eigenvalue weighted by atomic mass is 32.2. The van der Waals surface area contributed by atoms with Gasteiger partial charge in [0.15, 0.2) is 9.92 Å². The van der Waals surface area contributed by atoms with Gasteiger partial charge in [0.1, 0.15) is 17.6 Å². The van der Waals surface area contributed by atoms with Crippen molar-refractivity contribution in [2.24, 2.45) is 9.50 Å². The van der Waals surface area contributed by atoms with Crippen LogP contribution < -0.4 is 15.2 Å². The van der Waals surface area contributed by atoms with Gasteiger partial charge in [0.2, 0.25) is 5.88 Å². The Morgan fingerprint density at radius 2 is 2.23 bits per heavy atom. The third-order valence-electron chi connectivity index (χ3n) is 6.51. The summed E-state index contributed by atoms with van der Waals surface area (Å²) in [5.41, 5.74) is 5.79. The van der Waals surface area contributed by atoms with Crippen LogP contribution in [0.4, 0.5) is 10.5 Å². The van der Waals surface area contributed by atoms with Gasteiger partial charge in [-0.1, -0.05) is 13.0 Å². The van der Waals surface area contributed by atoms with E-state index in [0.717, 1.165) is 37.8 Å². The number of carbonyl (C=O) groups is 1. The molecule has 0 radical (unpaired) electrons. The molecule has 2 aliphatic carbocycles. The van der Waals surface area contributed by atoms with Gasteiger partial charge in [-0.25, -0.2) is 18.8 Å². The number of methoxy groups -OCH3 is 1. The first-order valence-corrected chi connectivity index (χ1v) is 12.2. The van der Waals surface area contributed by atoms with Crippen molar-refractivity contribution in [3.8, 4) is 5.88 Å². The molecule has 10 heteroatoms. The zero-order valence-corrected chi connectivity index (χ0v) is 18.5. The number of anilines is 1. The second-order valence-electron chi connectivity index (χ2n) is 8.51. The molecule has 5 rings (SSSR count). The minimum atomic E-state index is -3.53. The summed E-state index contributed by atoms with van der Waals surface area (Å²) in [5, 5.41) is 13.1. The molecule has 0 spiro atoms. The Balaban J connectivity index is 1.47. The van der Waals surface area contributed by atoms with Crippen molar-refractivity contribution in [1.29, 1.82) is 0 Å². The number of nitrogens with zero attached hydrogens (tertiary/aromatic N) is 3. The van der Waals surface area contributed by atoms with Gasteiger partial charge in [-0.2, -0.15) is 5.10 Å². The molecule has 9 nitrogen and oxygen atoms in total. The van der Waals surface area contributed by atoms with Gasteiger partial charge in [-0.3, -0.25) is 0 Å². The van der Waals surface area contributed by atoms with Gasteiger partial charge < -0.3 is 14.8 Å². The van der Waals surface area contributed by atoms with Crippen molar-refractivity contribution in [1.82, 2.24) is 9.78 Å². The fraction of sp³-hybridized carbons (Fsp3) is 0.524. The van der Waals surface area contributed by atoms with E-state index >= 15 is 0 Å². The number of carbonyl (C=O) groups excluding carboxylic acids is 1. The minimum Gasteiger partial charge on any atom is -0.474 e. The second kappa shape index (κ2) is 7.61. The zero-order chi connectivity index (χ0) is 21.8. The van der Waals surface area contributed by atoms with E-state index in [2.05, 4.69) is 27.8 Å². The summed E-state index contributed by atoms with van der Waals surface area (Å²) in [6.07, 6.45) is 6.29. The molecule has 0 bridgehead atoms. The first kappa shape index (κ1) is 20.5. The number of hydrogen-bond acceptors (Lipinski definition) is 5. The lowest BCUT2D eigenvalue weighted by Gasteiger charge is -2.23. The van der Waals surface area contributed by atoms with Crippen molar-refractivity contribution in [2.75, 3.05) is 19.0 Å². The van der Waals surface area contributed by atoms with Crippen LogP contribution in [0.3, 0.4) is 0 Å². The zero-order valence-electron chi connectivity index (χ0n) is 17.7. The van der Waals surface area contributed by atoms with Crippen molar-refractivity contribution in [3.63, 3.8) is 0 Å². The van der Waals surface area contributed by atoms with E-state index in [1.165, 1.54) is 33.1 Å². The maximum atomic E-state index is 13.2. The normalized spacial score (nSPS) is 23.3. The molecular weight excluding hydrogens is 418 g/mol. The standard InChI is InChI=1S/C21H27N5O4S/c1-12-6-7-14-8-13-4-3-5-16(13)19(18(12)14)24-21(27)25-31(22,28)17-9-23-26-10-15(29-2)11-30-20(17)26/h8-9,12,15H,3-7,10-11H2,1-2H3,(H3,22,24,25,27,28)/t12-,15-,31?/m0/s1. The highest BCUT2D eigenvalue weighted by Crippen LogP contribution is 2.44. The molecule has 0 fully saturated rings. The second-order valence-corrected chi connectivity index (χ2v) is 10.3. The maximum Gasteiger partial charge on any atom is 0.354 e. The summed E-state index contributed by atoms with van der Waals surface area (Å²) < 4.78 is 29.5. The maximum absolute atomic E-state index is 13.2. The summed E-state index contributed by atoms with van der Waals surface area (Å²) in [6, 6.07) is 1.59. The predicted molar refractivity (Wildman–Crippen MR) is 116 cm³/mol.